The van der Waals surface area contributed by atoms with Gasteiger partial charge < -0.3 is 10.5 Å². The zero-order valence-electron chi connectivity index (χ0n) is 11.8. The molecule has 2 aromatic carbocycles. The second-order valence-electron chi connectivity index (χ2n) is 4.65. The Morgan fingerprint density at radius 1 is 1.15 bits per heavy atom. The lowest BCUT2D eigenvalue weighted by atomic mass is 10.1. The third-order valence-electron chi connectivity index (χ3n) is 3.15. The number of benzene rings is 2. The topological polar surface area (TPSA) is 52.3 Å². The minimum absolute atomic E-state index is 0.435. The molecule has 4 heteroatoms. The molecule has 106 valence electrons. The van der Waals surface area contributed by atoms with E-state index in [4.69, 9.17) is 10.5 Å². The summed E-state index contributed by atoms with van der Waals surface area (Å²) in [5, 5.41) is 0. The summed E-state index contributed by atoms with van der Waals surface area (Å²) < 4.78 is 17.6. The van der Waals surface area contributed by atoms with Crippen LogP contribution < -0.4 is 10.5 Å². The van der Waals surface area contributed by atoms with Crippen LogP contribution in [-0.2, 0) is 23.1 Å². The highest BCUT2D eigenvalue weighted by atomic mass is 32.2. The van der Waals surface area contributed by atoms with Gasteiger partial charge in [-0.25, -0.2) is 0 Å². The van der Waals surface area contributed by atoms with Crippen molar-refractivity contribution >= 4 is 10.8 Å². The highest BCUT2D eigenvalue weighted by Gasteiger charge is 2.08. The van der Waals surface area contributed by atoms with Crippen molar-refractivity contribution in [2.24, 2.45) is 5.73 Å². The van der Waals surface area contributed by atoms with Crippen LogP contribution in [0.2, 0.25) is 0 Å². The number of hydrogen-bond donors (Lipinski definition) is 1. The summed E-state index contributed by atoms with van der Waals surface area (Å²) in [5.74, 6) is 1.23. The SMILES string of the molecule is COc1cc(CS(=O)c2ccc(C)cc2)ccc1CN. The molecule has 2 rings (SSSR count). The van der Waals surface area contributed by atoms with Crippen LogP contribution in [0.15, 0.2) is 47.4 Å². The van der Waals surface area contributed by atoms with E-state index in [0.717, 1.165) is 21.8 Å². The predicted molar refractivity (Wildman–Crippen MR) is 82.2 cm³/mol. The molecule has 0 aromatic heterocycles. The van der Waals surface area contributed by atoms with Crippen LogP contribution in [0.5, 0.6) is 5.75 Å². The molecule has 0 aliphatic carbocycles. The molecule has 1 atom stereocenters. The number of nitrogens with two attached hydrogens (primary N) is 1. The Morgan fingerprint density at radius 2 is 1.85 bits per heavy atom. The van der Waals surface area contributed by atoms with Crippen molar-refractivity contribution in [3.05, 3.63) is 59.2 Å². The van der Waals surface area contributed by atoms with Crippen molar-refractivity contribution in [3.8, 4) is 5.75 Å². The minimum atomic E-state index is -1.05. The Morgan fingerprint density at radius 3 is 2.45 bits per heavy atom. The molecule has 0 saturated heterocycles. The number of rotatable bonds is 5. The third-order valence-corrected chi connectivity index (χ3v) is 4.55. The van der Waals surface area contributed by atoms with E-state index in [1.54, 1.807) is 7.11 Å². The summed E-state index contributed by atoms with van der Waals surface area (Å²) in [6, 6.07) is 13.6. The van der Waals surface area contributed by atoms with Crippen LogP contribution in [0.25, 0.3) is 0 Å². The summed E-state index contributed by atoms with van der Waals surface area (Å²) in [7, 11) is 0.572. The first kappa shape index (κ1) is 14.8. The van der Waals surface area contributed by atoms with Crippen molar-refractivity contribution in [1.29, 1.82) is 0 Å². The average molecular weight is 289 g/mol. The molecule has 0 aliphatic heterocycles. The van der Waals surface area contributed by atoms with Gasteiger partial charge in [-0.05, 0) is 30.7 Å². The Labute approximate surface area is 122 Å². The number of ether oxygens (including phenoxy) is 1. The lowest BCUT2D eigenvalue weighted by Gasteiger charge is -2.09. The van der Waals surface area contributed by atoms with Crippen molar-refractivity contribution < 1.29 is 8.95 Å². The number of hydrogen-bond acceptors (Lipinski definition) is 3. The first-order chi connectivity index (χ1) is 9.63. The fourth-order valence-corrected chi connectivity index (χ4v) is 3.06. The standard InChI is InChI=1S/C16H19NO2S/c1-12-3-7-15(8-4-12)20(18)11-13-5-6-14(10-17)16(9-13)19-2/h3-9H,10-11,17H2,1-2H3. The van der Waals surface area contributed by atoms with Gasteiger partial charge in [-0.2, -0.15) is 0 Å². The molecular weight excluding hydrogens is 270 g/mol. The monoisotopic (exact) mass is 289 g/mol. The van der Waals surface area contributed by atoms with Gasteiger partial charge in [0.15, 0.2) is 0 Å². The smallest absolute Gasteiger partial charge is 0.123 e. The van der Waals surface area contributed by atoms with Crippen molar-refractivity contribution in [2.45, 2.75) is 24.1 Å². The zero-order chi connectivity index (χ0) is 14.5. The molecule has 3 nitrogen and oxygen atoms in total. The molecule has 2 N–H and O–H groups in total. The summed E-state index contributed by atoms with van der Waals surface area (Å²) in [5.41, 5.74) is 8.75. The van der Waals surface area contributed by atoms with E-state index in [-0.39, 0.29) is 0 Å². The summed E-state index contributed by atoms with van der Waals surface area (Å²) in [4.78, 5) is 0.845. The second-order valence-corrected chi connectivity index (χ2v) is 6.10. The maximum absolute atomic E-state index is 12.3. The molecule has 0 amide bonds. The molecular formula is C16H19NO2S. The summed E-state index contributed by atoms with van der Waals surface area (Å²) in [6.07, 6.45) is 0. The molecule has 0 saturated carbocycles. The minimum Gasteiger partial charge on any atom is -0.496 e. The van der Waals surface area contributed by atoms with E-state index in [2.05, 4.69) is 0 Å². The van der Waals surface area contributed by atoms with Crippen LogP contribution in [0.1, 0.15) is 16.7 Å². The van der Waals surface area contributed by atoms with Crippen LogP contribution in [0, 0.1) is 6.92 Å². The van der Waals surface area contributed by atoms with Gasteiger partial charge in [0.2, 0.25) is 0 Å². The average Bonchev–Trinajstić information content (AvgIpc) is 2.47. The Bertz CT molecular complexity index is 608. The molecule has 0 spiro atoms. The van der Waals surface area contributed by atoms with E-state index in [9.17, 15) is 4.21 Å². The summed E-state index contributed by atoms with van der Waals surface area (Å²) in [6.45, 7) is 2.45. The lowest BCUT2D eigenvalue weighted by molar-refractivity contribution is 0.409. The van der Waals surface area contributed by atoms with Crippen molar-refractivity contribution in [3.63, 3.8) is 0 Å². The Balaban J connectivity index is 2.17. The van der Waals surface area contributed by atoms with Gasteiger partial charge in [0.25, 0.3) is 0 Å². The van der Waals surface area contributed by atoms with E-state index in [1.807, 2.05) is 49.4 Å². The van der Waals surface area contributed by atoms with Crippen LogP contribution in [-0.4, -0.2) is 11.3 Å². The van der Waals surface area contributed by atoms with Crippen molar-refractivity contribution in [1.82, 2.24) is 0 Å². The maximum Gasteiger partial charge on any atom is 0.123 e. The van der Waals surface area contributed by atoms with Crippen LogP contribution in [0.4, 0.5) is 0 Å². The van der Waals surface area contributed by atoms with Gasteiger partial charge in [-0.1, -0.05) is 29.8 Å². The van der Waals surface area contributed by atoms with Gasteiger partial charge in [0.05, 0.1) is 23.7 Å². The highest BCUT2D eigenvalue weighted by molar-refractivity contribution is 7.84. The summed E-state index contributed by atoms with van der Waals surface area (Å²) >= 11 is 0. The molecule has 20 heavy (non-hydrogen) atoms. The fraction of sp³-hybridized carbons (Fsp3) is 0.250. The number of methoxy groups -OCH3 is 1. The van der Waals surface area contributed by atoms with Crippen LogP contribution in [0.3, 0.4) is 0 Å². The lowest BCUT2D eigenvalue weighted by Crippen LogP contribution is -2.02. The maximum atomic E-state index is 12.3. The largest absolute Gasteiger partial charge is 0.496 e. The first-order valence-electron chi connectivity index (χ1n) is 6.45. The second kappa shape index (κ2) is 6.68. The molecule has 0 fully saturated rings. The Kier molecular flexibility index (Phi) is 4.93. The molecule has 0 bridgehead atoms. The first-order valence-corrected chi connectivity index (χ1v) is 7.77. The van der Waals surface area contributed by atoms with E-state index in [0.29, 0.717) is 12.3 Å². The van der Waals surface area contributed by atoms with E-state index >= 15 is 0 Å². The normalized spacial score (nSPS) is 12.2. The molecule has 2 aromatic rings. The fourth-order valence-electron chi connectivity index (χ4n) is 1.97. The predicted octanol–water partition coefficient (Wildman–Crippen LogP) is 2.77. The molecule has 0 radical (unpaired) electrons. The quantitative estimate of drug-likeness (QED) is 0.921. The van der Waals surface area contributed by atoms with Gasteiger partial charge in [-0.3, -0.25) is 4.21 Å². The van der Waals surface area contributed by atoms with E-state index < -0.39 is 10.8 Å². The van der Waals surface area contributed by atoms with Gasteiger partial charge in [0.1, 0.15) is 5.75 Å². The van der Waals surface area contributed by atoms with Crippen LogP contribution >= 0.6 is 0 Å². The van der Waals surface area contributed by atoms with Gasteiger partial charge in [0, 0.05) is 17.0 Å². The zero-order valence-corrected chi connectivity index (χ0v) is 12.6. The number of aryl methyl sites for hydroxylation is 1. The van der Waals surface area contributed by atoms with Gasteiger partial charge in [-0.15, -0.1) is 0 Å². The van der Waals surface area contributed by atoms with E-state index in [1.165, 1.54) is 5.56 Å². The third kappa shape index (κ3) is 3.46. The molecule has 0 aliphatic rings. The van der Waals surface area contributed by atoms with Crippen molar-refractivity contribution in [2.75, 3.05) is 7.11 Å². The highest BCUT2D eigenvalue weighted by Crippen LogP contribution is 2.22. The van der Waals surface area contributed by atoms with Gasteiger partial charge >= 0.3 is 0 Å². The molecule has 1 unspecified atom stereocenters. The Hall–Kier alpha value is -1.65. The molecule has 0 heterocycles.